The molecule has 0 saturated heterocycles. The molecule has 2 amide bonds. The second kappa shape index (κ2) is 17.7. The molecule has 0 aliphatic heterocycles. The maximum atomic E-state index is 12.7. The Balaban J connectivity index is 0.000000629. The molecular weight excluding hydrogens is 516 g/mol. The molecule has 0 aliphatic carbocycles. The number of carbonyl (C=O) groups is 2. The quantitative estimate of drug-likeness (QED) is 0.278. The number of amides is 2. The topological polar surface area (TPSA) is 106 Å². The lowest BCUT2D eigenvalue weighted by atomic mass is 10.1. The summed E-state index contributed by atoms with van der Waals surface area (Å²) in [5.74, 6) is 0.897. The first-order chi connectivity index (χ1) is 19.7. The van der Waals surface area contributed by atoms with Gasteiger partial charge in [-0.1, -0.05) is 47.5 Å². The van der Waals surface area contributed by atoms with Gasteiger partial charge in [0.05, 0.1) is 14.2 Å². The summed E-state index contributed by atoms with van der Waals surface area (Å²) in [5.41, 5.74) is 10.8. The molecule has 8 heteroatoms. The van der Waals surface area contributed by atoms with Crippen LogP contribution in [0.2, 0.25) is 0 Å². The summed E-state index contributed by atoms with van der Waals surface area (Å²) in [6, 6.07) is 21.1. The molecule has 4 N–H and O–H groups in total. The van der Waals surface area contributed by atoms with Crippen molar-refractivity contribution in [3.05, 3.63) is 94.5 Å². The second-order valence-corrected chi connectivity index (χ2v) is 9.87. The summed E-state index contributed by atoms with van der Waals surface area (Å²) in [7, 11) is 3.16. The summed E-state index contributed by atoms with van der Waals surface area (Å²) >= 11 is 0. The van der Waals surface area contributed by atoms with Gasteiger partial charge in [-0.05, 0) is 70.0 Å². The molecule has 0 radical (unpaired) electrons. The largest absolute Gasteiger partial charge is 0.497 e. The molecule has 0 bridgehead atoms. The second-order valence-electron chi connectivity index (χ2n) is 9.87. The predicted octanol–water partition coefficient (Wildman–Crippen LogP) is 4.73. The van der Waals surface area contributed by atoms with E-state index in [1.165, 1.54) is 18.2 Å². The number of aryl methyl sites for hydroxylation is 2. The van der Waals surface area contributed by atoms with E-state index in [4.69, 9.17) is 15.2 Å². The van der Waals surface area contributed by atoms with Crippen molar-refractivity contribution in [3.63, 3.8) is 0 Å². The van der Waals surface area contributed by atoms with E-state index in [0.29, 0.717) is 56.0 Å². The van der Waals surface area contributed by atoms with Gasteiger partial charge in [0.15, 0.2) is 0 Å². The van der Waals surface area contributed by atoms with Gasteiger partial charge in [-0.25, -0.2) is 0 Å². The third kappa shape index (κ3) is 11.6. The average Bonchev–Trinajstić information content (AvgIpc) is 2.97. The Kier molecular flexibility index (Phi) is 14.4. The van der Waals surface area contributed by atoms with Gasteiger partial charge in [-0.3, -0.25) is 9.59 Å². The molecule has 0 saturated carbocycles. The zero-order chi connectivity index (χ0) is 30.2. The molecular formula is C33H46N4O4. The summed E-state index contributed by atoms with van der Waals surface area (Å²) in [5, 5.41) is 6.21. The lowest BCUT2D eigenvalue weighted by molar-refractivity contribution is 0.0772. The number of ether oxygens (including phenoxy) is 2. The monoisotopic (exact) mass is 562 g/mol. The fraction of sp³-hybridized carbons (Fsp3) is 0.394. The van der Waals surface area contributed by atoms with Gasteiger partial charge < -0.3 is 30.7 Å². The highest BCUT2D eigenvalue weighted by Crippen LogP contribution is 2.19. The van der Waals surface area contributed by atoms with Crippen molar-refractivity contribution < 1.29 is 19.1 Å². The smallest absolute Gasteiger partial charge is 0.253 e. The van der Waals surface area contributed by atoms with Gasteiger partial charge in [0, 0.05) is 49.9 Å². The number of hydrogen-bond donors (Lipinski definition) is 3. The fourth-order valence-corrected chi connectivity index (χ4v) is 4.23. The van der Waals surface area contributed by atoms with Crippen LogP contribution in [0.1, 0.15) is 57.7 Å². The normalized spacial score (nSPS) is 11.1. The minimum absolute atomic E-state index is 0.110. The number of rotatable bonds is 13. The van der Waals surface area contributed by atoms with Crippen molar-refractivity contribution in [1.82, 2.24) is 15.5 Å². The van der Waals surface area contributed by atoms with Crippen LogP contribution in [-0.2, 0) is 6.54 Å². The van der Waals surface area contributed by atoms with Crippen LogP contribution in [0, 0.1) is 13.8 Å². The molecule has 41 heavy (non-hydrogen) atoms. The Morgan fingerprint density at radius 3 is 2.07 bits per heavy atom. The first-order valence-electron chi connectivity index (χ1n) is 14.1. The maximum absolute atomic E-state index is 12.7. The Hall–Kier alpha value is -3.88. The zero-order valence-corrected chi connectivity index (χ0v) is 25.3. The summed E-state index contributed by atoms with van der Waals surface area (Å²) in [6.45, 7) is 11.0. The van der Waals surface area contributed by atoms with Crippen molar-refractivity contribution in [2.24, 2.45) is 5.73 Å². The van der Waals surface area contributed by atoms with E-state index < -0.39 is 0 Å². The molecule has 0 aromatic heterocycles. The number of methoxy groups -OCH3 is 2. The van der Waals surface area contributed by atoms with Crippen LogP contribution in [-0.4, -0.2) is 63.2 Å². The van der Waals surface area contributed by atoms with Gasteiger partial charge >= 0.3 is 0 Å². The third-order valence-electron chi connectivity index (χ3n) is 6.55. The molecule has 0 aliphatic rings. The molecule has 8 nitrogen and oxygen atoms in total. The van der Waals surface area contributed by atoms with E-state index in [9.17, 15) is 9.59 Å². The first-order valence-corrected chi connectivity index (χ1v) is 14.1. The van der Waals surface area contributed by atoms with Crippen molar-refractivity contribution in [1.29, 1.82) is 0 Å². The number of nitrogens with zero attached hydrogens (tertiary/aromatic N) is 1. The van der Waals surface area contributed by atoms with Crippen LogP contribution < -0.4 is 25.8 Å². The molecule has 1 unspecified atom stereocenters. The number of benzene rings is 3. The highest BCUT2D eigenvalue weighted by Gasteiger charge is 2.17. The first kappa shape index (κ1) is 33.3. The number of hydrogen-bond acceptors (Lipinski definition) is 6. The molecule has 0 heterocycles. The number of carbonyl (C=O) groups excluding carboxylic acids is 2. The number of nitrogens with two attached hydrogens (primary N) is 1. The van der Waals surface area contributed by atoms with Crippen molar-refractivity contribution in [3.8, 4) is 11.5 Å². The van der Waals surface area contributed by atoms with Gasteiger partial charge in [0.25, 0.3) is 11.8 Å². The van der Waals surface area contributed by atoms with E-state index >= 15 is 0 Å². The Labute approximate surface area is 245 Å². The van der Waals surface area contributed by atoms with Crippen LogP contribution in [0.4, 0.5) is 0 Å². The molecule has 3 rings (SSSR count). The molecule has 222 valence electrons. The lowest BCUT2D eigenvalue weighted by Crippen LogP contribution is -2.37. The molecule has 0 spiro atoms. The summed E-state index contributed by atoms with van der Waals surface area (Å²) in [6.07, 6.45) is 0.617. The van der Waals surface area contributed by atoms with E-state index in [1.54, 1.807) is 30.2 Å². The lowest BCUT2D eigenvalue weighted by Gasteiger charge is -2.19. The van der Waals surface area contributed by atoms with Crippen LogP contribution in [0.5, 0.6) is 11.5 Å². The van der Waals surface area contributed by atoms with Crippen molar-refractivity contribution in [2.45, 2.75) is 46.7 Å². The molecule has 3 aromatic carbocycles. The summed E-state index contributed by atoms with van der Waals surface area (Å²) < 4.78 is 10.5. The van der Waals surface area contributed by atoms with Gasteiger partial charge in [0.2, 0.25) is 0 Å². The van der Waals surface area contributed by atoms with E-state index in [1.807, 2.05) is 38.1 Å². The Bertz CT molecular complexity index is 1230. The minimum atomic E-state index is -0.265. The fourth-order valence-electron chi connectivity index (χ4n) is 4.23. The standard InChI is InChI=1S/C25H36N4O4.C8H10/c1-5-29(6-2)25(31)20-13-19(14-23(15-20)33-4)24(30)28-11-10-21(26)17-27-16-18-8-7-9-22(12-18)32-3;1-7-4-3-5-8(2)6-7/h7-9,12-15,21,27H,5-6,10-11,16-17,26H2,1-4H3,(H,28,30);3-6H,1-2H3. The van der Waals surface area contributed by atoms with Crippen LogP contribution >= 0.6 is 0 Å². The van der Waals surface area contributed by atoms with Crippen LogP contribution in [0.25, 0.3) is 0 Å². The highest BCUT2D eigenvalue weighted by molar-refractivity contribution is 6.00. The average molecular weight is 563 g/mol. The predicted molar refractivity (Wildman–Crippen MR) is 166 cm³/mol. The molecule has 1 atom stereocenters. The zero-order valence-electron chi connectivity index (χ0n) is 25.3. The SMILES string of the molecule is CCN(CC)C(=O)c1cc(OC)cc(C(=O)NCCC(N)CNCc2cccc(OC)c2)c1.Cc1cccc(C)c1. The highest BCUT2D eigenvalue weighted by atomic mass is 16.5. The Morgan fingerprint density at radius 2 is 1.49 bits per heavy atom. The van der Waals surface area contributed by atoms with Crippen LogP contribution in [0.3, 0.4) is 0 Å². The third-order valence-corrected chi connectivity index (χ3v) is 6.55. The van der Waals surface area contributed by atoms with Crippen molar-refractivity contribution in [2.75, 3.05) is 40.4 Å². The van der Waals surface area contributed by atoms with E-state index in [-0.39, 0.29) is 17.9 Å². The van der Waals surface area contributed by atoms with Gasteiger partial charge in [-0.2, -0.15) is 0 Å². The van der Waals surface area contributed by atoms with Crippen LogP contribution in [0.15, 0.2) is 66.7 Å². The number of nitrogens with one attached hydrogen (secondary N) is 2. The van der Waals surface area contributed by atoms with Crippen molar-refractivity contribution >= 4 is 11.8 Å². The molecule has 0 fully saturated rings. The van der Waals surface area contributed by atoms with E-state index in [0.717, 1.165) is 11.3 Å². The van der Waals surface area contributed by atoms with Gasteiger partial charge in [0.1, 0.15) is 11.5 Å². The van der Waals surface area contributed by atoms with E-state index in [2.05, 4.69) is 48.7 Å². The minimum Gasteiger partial charge on any atom is -0.497 e. The van der Waals surface area contributed by atoms with Gasteiger partial charge in [-0.15, -0.1) is 0 Å². The Morgan fingerprint density at radius 1 is 0.854 bits per heavy atom. The maximum Gasteiger partial charge on any atom is 0.253 e. The summed E-state index contributed by atoms with van der Waals surface area (Å²) in [4.78, 5) is 27.1. The molecule has 3 aromatic rings.